The summed E-state index contributed by atoms with van der Waals surface area (Å²) in [5.74, 6) is 0.706. The maximum atomic E-state index is 10.5. The molecule has 0 aromatic heterocycles. The zero-order valence-electron chi connectivity index (χ0n) is 7.32. The van der Waals surface area contributed by atoms with Gasteiger partial charge in [0.05, 0.1) is 12.4 Å². The van der Waals surface area contributed by atoms with Crippen LogP contribution in [0.4, 0.5) is 4.79 Å². The normalized spacial score (nSPS) is 19.0. The Hall–Kier alpha value is -1.95. The van der Waals surface area contributed by atoms with Gasteiger partial charge in [0.2, 0.25) is 0 Å². The van der Waals surface area contributed by atoms with Crippen molar-refractivity contribution < 1.29 is 9.90 Å². The number of fused-ring (bicyclic) bond motifs is 1. The van der Waals surface area contributed by atoms with E-state index in [0.717, 1.165) is 0 Å². The van der Waals surface area contributed by atoms with Crippen molar-refractivity contribution in [1.29, 1.82) is 0 Å². The Balaban J connectivity index is 2.29. The van der Waals surface area contributed by atoms with Gasteiger partial charge in [-0.05, 0) is 12.2 Å². The largest absolute Gasteiger partial charge is 0.465 e. The molecule has 4 N–H and O–H groups in total. The lowest BCUT2D eigenvalue weighted by Gasteiger charge is -2.13. The van der Waals surface area contributed by atoms with E-state index in [2.05, 4.69) is 16.2 Å². The molecule has 74 valence electrons. The lowest BCUT2D eigenvalue weighted by molar-refractivity contribution is 0.197. The molecule has 1 amide bonds. The highest BCUT2D eigenvalue weighted by molar-refractivity contribution is 5.68. The molecule has 6 heteroatoms. The highest BCUT2D eigenvalue weighted by Gasteiger charge is 2.19. The van der Waals surface area contributed by atoms with Crippen molar-refractivity contribution >= 4 is 6.09 Å². The van der Waals surface area contributed by atoms with E-state index in [4.69, 9.17) is 5.11 Å². The Kier molecular flexibility index (Phi) is 2.11. The second-order valence-electron chi connectivity index (χ2n) is 2.82. The zero-order valence-corrected chi connectivity index (χ0v) is 7.32. The van der Waals surface area contributed by atoms with E-state index < -0.39 is 6.09 Å². The first-order chi connectivity index (χ1) is 6.77. The molecule has 1 saturated heterocycles. The van der Waals surface area contributed by atoms with Crippen molar-refractivity contribution in [2.75, 3.05) is 6.67 Å². The Morgan fingerprint density at radius 3 is 3.21 bits per heavy atom. The second-order valence-corrected chi connectivity index (χ2v) is 2.82. The number of carboxylic acid groups (broad SMARTS) is 1. The fourth-order valence-corrected chi connectivity index (χ4v) is 1.31. The van der Waals surface area contributed by atoms with Crippen LogP contribution >= 0.6 is 0 Å². The predicted molar refractivity (Wildman–Crippen MR) is 49.4 cm³/mol. The van der Waals surface area contributed by atoms with E-state index in [0.29, 0.717) is 18.2 Å². The summed E-state index contributed by atoms with van der Waals surface area (Å²) in [4.78, 5) is 12.4. The molecule has 0 bridgehead atoms. The lowest BCUT2D eigenvalue weighted by Crippen LogP contribution is -2.27. The topological polar surface area (TPSA) is 76.6 Å². The fraction of sp³-hybridized carbons (Fsp3) is 0.125. The highest BCUT2D eigenvalue weighted by Crippen LogP contribution is 2.13. The summed E-state index contributed by atoms with van der Waals surface area (Å²) in [6, 6.07) is 0. The van der Waals surface area contributed by atoms with E-state index in [1.807, 2.05) is 17.2 Å². The maximum absolute atomic E-state index is 10.5. The minimum atomic E-state index is -1.08. The molecule has 2 heterocycles. The Bertz CT molecular complexity index is 345. The summed E-state index contributed by atoms with van der Waals surface area (Å²) in [5, 5.41) is 10.9. The molecule has 0 unspecified atom stereocenters. The molecule has 0 radical (unpaired) electrons. The molecule has 0 atom stereocenters. The van der Waals surface area contributed by atoms with Crippen molar-refractivity contribution in [3.8, 4) is 0 Å². The number of carbonyl (C=O) groups is 1. The monoisotopic (exact) mass is 194 g/mol. The SMILES string of the molecule is O=C(O)NC1=C2NNCN2C=CC=C1. The van der Waals surface area contributed by atoms with Gasteiger partial charge in [-0.25, -0.2) is 10.2 Å². The van der Waals surface area contributed by atoms with Gasteiger partial charge in [-0.3, -0.25) is 5.32 Å². The third kappa shape index (κ3) is 1.55. The average Bonchev–Trinajstić information content (AvgIpc) is 2.51. The minimum absolute atomic E-state index is 0.521. The molecule has 0 aromatic carbocycles. The van der Waals surface area contributed by atoms with Crippen LogP contribution in [0.25, 0.3) is 0 Å². The van der Waals surface area contributed by atoms with Gasteiger partial charge in [-0.15, -0.1) is 0 Å². The van der Waals surface area contributed by atoms with Gasteiger partial charge < -0.3 is 15.4 Å². The van der Waals surface area contributed by atoms with Gasteiger partial charge in [0.1, 0.15) is 5.82 Å². The summed E-state index contributed by atoms with van der Waals surface area (Å²) >= 11 is 0. The van der Waals surface area contributed by atoms with Gasteiger partial charge in [0.25, 0.3) is 0 Å². The molecular weight excluding hydrogens is 184 g/mol. The van der Waals surface area contributed by atoms with Crippen LogP contribution in [0.3, 0.4) is 0 Å². The Labute approximate surface area is 80.5 Å². The first-order valence-corrected chi connectivity index (χ1v) is 4.12. The van der Waals surface area contributed by atoms with Crippen LogP contribution in [-0.2, 0) is 0 Å². The third-order valence-corrected chi connectivity index (χ3v) is 1.88. The number of hydrogen-bond acceptors (Lipinski definition) is 4. The molecule has 2 aliphatic rings. The third-order valence-electron chi connectivity index (χ3n) is 1.88. The summed E-state index contributed by atoms with van der Waals surface area (Å²) in [6.45, 7) is 0.609. The first-order valence-electron chi connectivity index (χ1n) is 4.12. The van der Waals surface area contributed by atoms with Crippen LogP contribution < -0.4 is 16.2 Å². The van der Waals surface area contributed by atoms with Gasteiger partial charge in [-0.1, -0.05) is 6.08 Å². The molecular formula is C8H10N4O2. The average molecular weight is 194 g/mol. The fourth-order valence-electron chi connectivity index (χ4n) is 1.31. The lowest BCUT2D eigenvalue weighted by atomic mass is 10.4. The van der Waals surface area contributed by atoms with E-state index in [9.17, 15) is 4.79 Å². The standard InChI is InChI=1S/C8H10N4O2/c13-8(14)10-6-3-1-2-4-12-5-9-11-7(6)12/h1-4,9-11H,5H2,(H,13,14). The van der Waals surface area contributed by atoms with Crippen LogP contribution in [0.2, 0.25) is 0 Å². The molecule has 0 spiro atoms. The number of nitrogens with one attached hydrogen (secondary N) is 3. The van der Waals surface area contributed by atoms with Gasteiger partial charge in [-0.2, -0.15) is 0 Å². The van der Waals surface area contributed by atoms with E-state index in [-0.39, 0.29) is 0 Å². The highest BCUT2D eigenvalue weighted by atomic mass is 16.4. The maximum Gasteiger partial charge on any atom is 0.409 e. The van der Waals surface area contributed by atoms with Crippen molar-refractivity contribution in [2.24, 2.45) is 0 Å². The van der Waals surface area contributed by atoms with Crippen LogP contribution in [0, 0.1) is 0 Å². The molecule has 14 heavy (non-hydrogen) atoms. The number of amides is 1. The van der Waals surface area contributed by atoms with Crippen LogP contribution in [0.1, 0.15) is 0 Å². The summed E-state index contributed by atoms with van der Waals surface area (Å²) < 4.78 is 0. The Morgan fingerprint density at radius 1 is 1.57 bits per heavy atom. The zero-order chi connectivity index (χ0) is 9.97. The van der Waals surface area contributed by atoms with E-state index in [1.54, 1.807) is 12.2 Å². The molecule has 0 saturated carbocycles. The second kappa shape index (κ2) is 3.43. The number of nitrogens with zero attached hydrogens (tertiary/aromatic N) is 1. The number of hydrazine groups is 1. The van der Waals surface area contributed by atoms with Crippen LogP contribution in [-0.4, -0.2) is 22.8 Å². The molecule has 1 fully saturated rings. The molecule has 0 aromatic rings. The van der Waals surface area contributed by atoms with E-state index in [1.165, 1.54) is 0 Å². The minimum Gasteiger partial charge on any atom is -0.465 e. The number of allylic oxidation sites excluding steroid dienone is 3. The van der Waals surface area contributed by atoms with Crippen molar-refractivity contribution in [3.05, 3.63) is 35.9 Å². The van der Waals surface area contributed by atoms with Crippen molar-refractivity contribution in [2.45, 2.75) is 0 Å². The first kappa shape index (κ1) is 8.64. The molecule has 0 aliphatic carbocycles. The predicted octanol–water partition coefficient (Wildman–Crippen LogP) is -0.126. The van der Waals surface area contributed by atoms with Gasteiger partial charge in [0.15, 0.2) is 0 Å². The number of hydrogen-bond donors (Lipinski definition) is 4. The van der Waals surface area contributed by atoms with E-state index >= 15 is 0 Å². The summed E-state index contributed by atoms with van der Waals surface area (Å²) in [6.07, 6.45) is 6.09. The van der Waals surface area contributed by atoms with Gasteiger partial charge >= 0.3 is 6.09 Å². The molecule has 2 rings (SSSR count). The molecule has 2 aliphatic heterocycles. The smallest absolute Gasteiger partial charge is 0.409 e. The molecule has 6 nitrogen and oxygen atoms in total. The van der Waals surface area contributed by atoms with Crippen LogP contribution in [0.15, 0.2) is 35.9 Å². The van der Waals surface area contributed by atoms with Crippen LogP contribution in [0.5, 0.6) is 0 Å². The Morgan fingerprint density at radius 2 is 2.43 bits per heavy atom. The van der Waals surface area contributed by atoms with Crippen molar-refractivity contribution in [1.82, 2.24) is 21.1 Å². The summed E-state index contributed by atoms with van der Waals surface area (Å²) in [5.41, 5.74) is 6.30. The van der Waals surface area contributed by atoms with Crippen molar-refractivity contribution in [3.63, 3.8) is 0 Å². The quantitative estimate of drug-likeness (QED) is 0.468. The number of rotatable bonds is 1. The van der Waals surface area contributed by atoms with Gasteiger partial charge in [0, 0.05) is 6.20 Å². The summed E-state index contributed by atoms with van der Waals surface area (Å²) in [7, 11) is 0.